The van der Waals surface area contributed by atoms with Crippen LogP contribution in [0.25, 0.3) is 0 Å². The minimum atomic E-state index is -0.962. The Kier molecular flexibility index (Phi) is 2.70. The van der Waals surface area contributed by atoms with E-state index in [-0.39, 0.29) is 0 Å². The second-order valence-electron chi connectivity index (χ2n) is 3.80. The van der Waals surface area contributed by atoms with Gasteiger partial charge < -0.3 is 0 Å². The molecule has 0 heterocycles. The summed E-state index contributed by atoms with van der Waals surface area (Å²) >= 11 is 1.33. The molecule has 0 saturated carbocycles. The van der Waals surface area contributed by atoms with Gasteiger partial charge in [-0.3, -0.25) is 0 Å². The first kappa shape index (κ1) is 8.89. The first-order valence-corrected chi connectivity index (χ1v) is 8.59. The molecule has 0 amide bonds. The average Bonchev–Trinajstić information content (AvgIpc) is 2.11. The molecule has 52 valence electrons. The van der Waals surface area contributed by atoms with Crippen molar-refractivity contribution in [1.29, 1.82) is 0 Å². The van der Waals surface area contributed by atoms with Crippen LogP contribution in [0.2, 0.25) is 19.6 Å². The van der Waals surface area contributed by atoms with Gasteiger partial charge in [0, 0.05) is 0 Å². The Bertz CT molecular complexity index is 196. The fourth-order valence-corrected chi connectivity index (χ4v) is 6.70. The maximum absolute atomic E-state index is 2.43. The van der Waals surface area contributed by atoms with Crippen molar-refractivity contribution in [2.24, 2.45) is 0 Å². The Morgan fingerprint density at radius 1 is 1.40 bits per heavy atom. The fourth-order valence-electron chi connectivity index (χ4n) is 1.25. The second kappa shape index (κ2) is 3.04. The van der Waals surface area contributed by atoms with Gasteiger partial charge in [-0.05, 0) is 0 Å². The molecule has 0 fully saturated rings. The average molecular weight is 226 g/mol. The van der Waals surface area contributed by atoms with E-state index in [4.69, 9.17) is 0 Å². The van der Waals surface area contributed by atoms with Crippen molar-refractivity contribution in [1.82, 2.24) is 0 Å². The van der Waals surface area contributed by atoms with Gasteiger partial charge in [0.1, 0.15) is 0 Å². The Morgan fingerprint density at radius 3 is 2.20 bits per heavy atom. The zero-order valence-electron chi connectivity index (χ0n) is 6.94. The van der Waals surface area contributed by atoms with Gasteiger partial charge in [-0.15, -0.1) is 0 Å². The topological polar surface area (TPSA) is 0 Å². The van der Waals surface area contributed by atoms with Gasteiger partial charge in [0.15, 0.2) is 0 Å². The number of allylic oxidation sites excluding steroid dienone is 4. The van der Waals surface area contributed by atoms with E-state index in [2.05, 4.69) is 31.8 Å². The second-order valence-corrected chi connectivity index (χ2v) is 10.5. The Hall–Kier alpha value is 0.801. The van der Waals surface area contributed by atoms with Crippen LogP contribution in [0.5, 0.6) is 0 Å². The predicted molar refractivity (Wildman–Crippen MR) is 44.1 cm³/mol. The molecule has 0 N–H and O–H groups in total. The molecule has 0 nitrogen and oxygen atoms in total. The van der Waals surface area contributed by atoms with E-state index >= 15 is 0 Å². The van der Waals surface area contributed by atoms with E-state index in [1.165, 1.54) is 37.4 Å². The molecule has 0 aromatic carbocycles. The Morgan fingerprint density at radius 2 is 2.00 bits per heavy atom. The number of hydrogen-bond acceptors (Lipinski definition) is 0. The van der Waals surface area contributed by atoms with Crippen LogP contribution >= 0.6 is 0 Å². The summed E-state index contributed by atoms with van der Waals surface area (Å²) in [4.78, 5) is 0. The molecule has 0 aromatic heterocycles. The normalized spacial score (nSPS) is 18.6. The summed E-state index contributed by atoms with van der Waals surface area (Å²) in [5.41, 5.74) is 0. The molecule has 10 heavy (non-hydrogen) atoms. The van der Waals surface area contributed by atoms with Crippen LogP contribution < -0.4 is 0 Å². The third-order valence-electron chi connectivity index (χ3n) is 1.78. The van der Waals surface area contributed by atoms with E-state index < -0.39 is 8.07 Å². The Labute approximate surface area is 84.2 Å². The monoisotopic (exact) mass is 226 g/mol. The summed E-state index contributed by atoms with van der Waals surface area (Å²) in [6.07, 6.45) is 5.92. The Balaban J connectivity index is 2.91. The van der Waals surface area contributed by atoms with E-state index in [0.29, 0.717) is 0 Å². The molecular formula is C8H13SiY. The molecule has 1 aliphatic carbocycles. The van der Waals surface area contributed by atoms with Gasteiger partial charge in [0.25, 0.3) is 0 Å². The molecule has 0 spiro atoms. The van der Waals surface area contributed by atoms with Crippen LogP contribution in [-0.2, 0) is 31.0 Å². The van der Waals surface area contributed by atoms with Crippen molar-refractivity contribution in [3.63, 3.8) is 0 Å². The van der Waals surface area contributed by atoms with Crippen molar-refractivity contribution in [3.05, 3.63) is 19.7 Å². The van der Waals surface area contributed by atoms with Gasteiger partial charge in [-0.25, -0.2) is 0 Å². The molecule has 0 atom stereocenters. The van der Waals surface area contributed by atoms with Gasteiger partial charge >= 0.3 is 84.8 Å². The van der Waals surface area contributed by atoms with Crippen LogP contribution in [0.3, 0.4) is 0 Å². The van der Waals surface area contributed by atoms with Crippen molar-refractivity contribution < 1.29 is 31.0 Å². The predicted octanol–water partition coefficient (Wildman–Crippen LogP) is 2.62. The molecule has 2 heteroatoms. The van der Waals surface area contributed by atoms with Crippen molar-refractivity contribution in [2.45, 2.75) is 26.1 Å². The molecule has 0 aromatic rings. The molecule has 1 rings (SSSR count). The van der Waals surface area contributed by atoms with Gasteiger partial charge in [-0.2, -0.15) is 0 Å². The summed E-state index contributed by atoms with van der Waals surface area (Å²) in [6.45, 7) is 7.28. The van der Waals surface area contributed by atoms with E-state index in [1.54, 1.807) is 7.58 Å². The summed E-state index contributed by atoms with van der Waals surface area (Å²) in [7, 11) is -0.962. The fraction of sp³-hybridized carbons (Fsp3) is 0.500. The van der Waals surface area contributed by atoms with E-state index in [1.807, 2.05) is 0 Å². The van der Waals surface area contributed by atoms with E-state index in [0.717, 1.165) is 0 Å². The number of hydrogen-bond donors (Lipinski definition) is 0. The quantitative estimate of drug-likeness (QED) is 0.603. The van der Waals surface area contributed by atoms with Crippen molar-refractivity contribution >= 4 is 8.07 Å². The van der Waals surface area contributed by atoms with Crippen LogP contribution in [0.15, 0.2) is 19.7 Å². The van der Waals surface area contributed by atoms with Gasteiger partial charge in [0.05, 0.1) is 0 Å². The van der Waals surface area contributed by atoms with Crippen LogP contribution in [-0.4, -0.2) is 8.07 Å². The standard InChI is InChI=1S/C8H13Si.Y/c1-9(2,3)8-6-4-5-7-8;/h4,6H,5H2,1-3H3;. The molecule has 0 aliphatic heterocycles. The van der Waals surface area contributed by atoms with Crippen LogP contribution in [0.4, 0.5) is 0 Å². The van der Waals surface area contributed by atoms with E-state index in [9.17, 15) is 0 Å². The molecule has 1 aliphatic rings. The summed E-state index contributed by atoms with van der Waals surface area (Å²) in [6, 6.07) is 0. The summed E-state index contributed by atoms with van der Waals surface area (Å²) in [5.74, 6) is 0. The first-order chi connectivity index (χ1) is 4.52. The minimum absolute atomic E-state index is 0.962. The molecular weight excluding hydrogens is 213 g/mol. The maximum atomic E-state index is 2.43. The SMILES string of the molecule is C[Si](C)(C)C1=[C]([Y])CC=C1. The zero-order valence-corrected chi connectivity index (χ0v) is 10.8. The summed E-state index contributed by atoms with van der Waals surface area (Å²) in [5, 5.41) is 1.72. The molecule has 0 radical (unpaired) electrons. The third kappa shape index (κ3) is 1.90. The van der Waals surface area contributed by atoms with Gasteiger partial charge in [0.2, 0.25) is 0 Å². The zero-order chi connectivity index (χ0) is 7.78. The summed E-state index contributed by atoms with van der Waals surface area (Å²) < 4.78 is 1.73. The number of rotatable bonds is 1. The third-order valence-corrected chi connectivity index (χ3v) is 5.93. The van der Waals surface area contributed by atoms with Crippen molar-refractivity contribution in [2.75, 3.05) is 0 Å². The molecule has 0 bridgehead atoms. The van der Waals surface area contributed by atoms with Gasteiger partial charge in [-0.1, -0.05) is 0 Å². The molecule has 0 saturated heterocycles. The molecule has 0 unspecified atom stereocenters. The van der Waals surface area contributed by atoms with Crippen molar-refractivity contribution in [3.8, 4) is 0 Å². The first-order valence-electron chi connectivity index (χ1n) is 3.67. The van der Waals surface area contributed by atoms with Crippen LogP contribution in [0, 0.1) is 0 Å². The van der Waals surface area contributed by atoms with Crippen LogP contribution in [0.1, 0.15) is 6.42 Å².